The Morgan fingerprint density at radius 3 is 2.81 bits per heavy atom. The molecule has 0 amide bonds. The van der Waals surface area contributed by atoms with E-state index >= 15 is 0 Å². The number of rotatable bonds is 2. The fraction of sp³-hybridized carbons (Fsp3) is 0.750. The highest BCUT2D eigenvalue weighted by molar-refractivity contribution is 9.09. The summed E-state index contributed by atoms with van der Waals surface area (Å²) in [6.07, 6.45) is 5.32. The fourth-order valence-corrected chi connectivity index (χ4v) is 3.85. The lowest BCUT2D eigenvalue weighted by Crippen LogP contribution is -2.36. The van der Waals surface area contributed by atoms with E-state index in [-0.39, 0.29) is 0 Å². The lowest BCUT2D eigenvalue weighted by atomic mass is 10.1. The number of hydrogen-bond acceptors (Lipinski definition) is 3. The largest absolute Gasteiger partial charge is 0.344 e. The first-order valence-electron chi connectivity index (χ1n) is 5.99. The van der Waals surface area contributed by atoms with Crippen LogP contribution in [0.1, 0.15) is 36.3 Å². The first-order chi connectivity index (χ1) is 7.72. The van der Waals surface area contributed by atoms with Crippen molar-refractivity contribution in [3.05, 3.63) is 10.6 Å². The van der Waals surface area contributed by atoms with E-state index in [2.05, 4.69) is 34.7 Å². The summed E-state index contributed by atoms with van der Waals surface area (Å²) < 4.78 is 0. The van der Waals surface area contributed by atoms with Crippen LogP contribution in [0, 0.1) is 13.8 Å². The monoisotopic (exact) mass is 302 g/mol. The maximum Gasteiger partial charge on any atom is 0.186 e. The molecule has 2 nitrogen and oxygen atoms in total. The van der Waals surface area contributed by atoms with Crippen LogP contribution in [-0.4, -0.2) is 22.9 Å². The number of hydrogen-bond donors (Lipinski definition) is 0. The number of thiazole rings is 1. The average molecular weight is 303 g/mol. The second kappa shape index (κ2) is 5.50. The van der Waals surface area contributed by atoms with Crippen LogP contribution in [0.5, 0.6) is 0 Å². The quantitative estimate of drug-likeness (QED) is 0.770. The van der Waals surface area contributed by atoms with Crippen LogP contribution in [-0.2, 0) is 0 Å². The molecule has 2 rings (SSSR count). The summed E-state index contributed by atoms with van der Waals surface area (Å²) in [4.78, 5) is 8.56. The second-order valence-electron chi connectivity index (χ2n) is 4.49. The molecule has 1 aliphatic rings. The predicted octanol–water partition coefficient (Wildman–Crippen LogP) is 3.90. The van der Waals surface area contributed by atoms with Gasteiger partial charge in [-0.25, -0.2) is 4.98 Å². The molecule has 1 aromatic rings. The molecule has 1 aromatic heterocycles. The Labute approximate surface area is 110 Å². The average Bonchev–Trinajstić information content (AvgIpc) is 2.53. The van der Waals surface area contributed by atoms with Crippen LogP contribution >= 0.6 is 27.3 Å². The zero-order valence-electron chi connectivity index (χ0n) is 10.0. The van der Waals surface area contributed by atoms with Crippen molar-refractivity contribution in [2.24, 2.45) is 0 Å². The van der Waals surface area contributed by atoms with Gasteiger partial charge in [0.2, 0.25) is 0 Å². The highest BCUT2D eigenvalue weighted by Gasteiger charge is 2.22. The Morgan fingerprint density at radius 2 is 2.19 bits per heavy atom. The first kappa shape index (κ1) is 12.4. The van der Waals surface area contributed by atoms with E-state index in [4.69, 9.17) is 4.98 Å². The van der Waals surface area contributed by atoms with E-state index in [0.29, 0.717) is 6.04 Å². The summed E-state index contributed by atoms with van der Waals surface area (Å²) >= 11 is 5.49. The number of anilines is 1. The van der Waals surface area contributed by atoms with Gasteiger partial charge in [0.15, 0.2) is 5.13 Å². The van der Waals surface area contributed by atoms with Crippen molar-refractivity contribution in [2.75, 3.05) is 16.8 Å². The minimum absolute atomic E-state index is 0.632. The molecule has 2 heterocycles. The summed E-state index contributed by atoms with van der Waals surface area (Å²) in [5.74, 6) is 0. The molecule has 1 fully saturated rings. The SMILES string of the molecule is Cc1nc(N2CCCCCC2CBr)sc1C. The molecule has 0 bridgehead atoms. The second-order valence-corrected chi connectivity index (χ2v) is 6.32. The lowest BCUT2D eigenvalue weighted by molar-refractivity contribution is 0.625. The van der Waals surface area contributed by atoms with E-state index in [1.54, 1.807) is 0 Å². The molecule has 0 aromatic carbocycles. The van der Waals surface area contributed by atoms with Crippen molar-refractivity contribution in [2.45, 2.75) is 45.6 Å². The van der Waals surface area contributed by atoms with Crippen molar-refractivity contribution >= 4 is 32.4 Å². The molecule has 0 saturated carbocycles. The van der Waals surface area contributed by atoms with Gasteiger partial charge in [0.05, 0.1) is 5.69 Å². The van der Waals surface area contributed by atoms with Crippen molar-refractivity contribution in [3.8, 4) is 0 Å². The molecule has 1 saturated heterocycles. The molecule has 1 unspecified atom stereocenters. The van der Waals surface area contributed by atoms with Gasteiger partial charge in [-0.05, 0) is 26.7 Å². The third kappa shape index (κ3) is 2.59. The zero-order chi connectivity index (χ0) is 11.5. The van der Waals surface area contributed by atoms with Crippen LogP contribution in [0.4, 0.5) is 5.13 Å². The third-order valence-electron chi connectivity index (χ3n) is 3.32. The van der Waals surface area contributed by atoms with Gasteiger partial charge < -0.3 is 4.90 Å². The number of alkyl halides is 1. The van der Waals surface area contributed by atoms with Gasteiger partial charge in [0.25, 0.3) is 0 Å². The highest BCUT2D eigenvalue weighted by Crippen LogP contribution is 2.30. The van der Waals surface area contributed by atoms with Crippen LogP contribution in [0.25, 0.3) is 0 Å². The van der Waals surface area contributed by atoms with E-state index < -0.39 is 0 Å². The minimum atomic E-state index is 0.632. The summed E-state index contributed by atoms with van der Waals surface area (Å²) in [5.41, 5.74) is 1.19. The van der Waals surface area contributed by atoms with Gasteiger partial charge in [-0.15, -0.1) is 11.3 Å². The lowest BCUT2D eigenvalue weighted by Gasteiger charge is -2.28. The van der Waals surface area contributed by atoms with Gasteiger partial charge in [0, 0.05) is 22.8 Å². The number of halogens is 1. The molecule has 0 N–H and O–H groups in total. The summed E-state index contributed by atoms with van der Waals surface area (Å²) in [5, 5.41) is 2.28. The van der Waals surface area contributed by atoms with Gasteiger partial charge in [0.1, 0.15) is 0 Å². The first-order valence-corrected chi connectivity index (χ1v) is 7.93. The number of aromatic nitrogens is 1. The molecule has 0 spiro atoms. The van der Waals surface area contributed by atoms with Crippen molar-refractivity contribution < 1.29 is 0 Å². The van der Waals surface area contributed by atoms with Crippen molar-refractivity contribution in [3.63, 3.8) is 0 Å². The van der Waals surface area contributed by atoms with Crippen LogP contribution < -0.4 is 4.90 Å². The van der Waals surface area contributed by atoms with Gasteiger partial charge in [-0.2, -0.15) is 0 Å². The maximum absolute atomic E-state index is 4.70. The molecule has 16 heavy (non-hydrogen) atoms. The van der Waals surface area contributed by atoms with E-state index in [1.807, 2.05) is 11.3 Å². The van der Waals surface area contributed by atoms with E-state index in [9.17, 15) is 0 Å². The summed E-state index contributed by atoms with van der Waals surface area (Å²) in [7, 11) is 0. The van der Waals surface area contributed by atoms with Crippen molar-refractivity contribution in [1.29, 1.82) is 0 Å². The normalized spacial score (nSPS) is 22.2. The van der Waals surface area contributed by atoms with Gasteiger partial charge in [-0.1, -0.05) is 28.8 Å². The Balaban J connectivity index is 2.21. The van der Waals surface area contributed by atoms with Gasteiger partial charge in [-0.3, -0.25) is 0 Å². The molecule has 1 aliphatic heterocycles. The van der Waals surface area contributed by atoms with Crippen molar-refractivity contribution in [1.82, 2.24) is 4.98 Å². The minimum Gasteiger partial charge on any atom is -0.344 e. The number of nitrogens with zero attached hydrogens (tertiary/aromatic N) is 2. The van der Waals surface area contributed by atoms with Gasteiger partial charge >= 0.3 is 0 Å². The van der Waals surface area contributed by atoms with Crippen LogP contribution in [0.15, 0.2) is 0 Å². The number of aryl methyl sites for hydroxylation is 2. The molecule has 0 aliphatic carbocycles. The Morgan fingerprint density at radius 1 is 1.38 bits per heavy atom. The maximum atomic E-state index is 4.70. The molecule has 1 atom stereocenters. The molecular formula is C12H19BrN2S. The predicted molar refractivity (Wildman–Crippen MR) is 75.0 cm³/mol. The Kier molecular flexibility index (Phi) is 4.25. The third-order valence-corrected chi connectivity index (χ3v) is 5.18. The topological polar surface area (TPSA) is 16.1 Å². The molecular weight excluding hydrogens is 284 g/mol. The highest BCUT2D eigenvalue weighted by atomic mass is 79.9. The molecule has 4 heteroatoms. The fourth-order valence-electron chi connectivity index (χ4n) is 2.17. The van der Waals surface area contributed by atoms with E-state index in [1.165, 1.54) is 47.9 Å². The zero-order valence-corrected chi connectivity index (χ0v) is 12.4. The molecule has 0 radical (unpaired) electrons. The summed E-state index contributed by atoms with van der Waals surface area (Å²) in [6.45, 7) is 5.44. The Hall–Kier alpha value is -0.0900. The standard InChI is InChI=1S/C12H19BrN2S/c1-9-10(2)16-12(14-9)15-7-5-3-4-6-11(15)8-13/h11H,3-8H2,1-2H3. The Bertz CT molecular complexity index is 331. The van der Waals surface area contributed by atoms with Crippen LogP contribution in [0.2, 0.25) is 0 Å². The smallest absolute Gasteiger partial charge is 0.186 e. The molecule has 90 valence electrons. The van der Waals surface area contributed by atoms with Crippen LogP contribution in [0.3, 0.4) is 0 Å². The van der Waals surface area contributed by atoms with E-state index in [0.717, 1.165) is 5.33 Å². The summed E-state index contributed by atoms with van der Waals surface area (Å²) in [6, 6.07) is 0.632.